The fourth-order valence-electron chi connectivity index (χ4n) is 3.86. The van der Waals surface area contributed by atoms with Crippen LogP contribution in [0.2, 0.25) is 0 Å². The van der Waals surface area contributed by atoms with E-state index in [1.807, 2.05) is 56.1 Å². The van der Waals surface area contributed by atoms with E-state index in [2.05, 4.69) is 4.99 Å². The van der Waals surface area contributed by atoms with E-state index in [0.29, 0.717) is 12.0 Å². The van der Waals surface area contributed by atoms with Gasteiger partial charge in [0, 0.05) is 24.4 Å². The molecule has 1 aromatic rings. The normalized spacial score (nSPS) is 27.6. The Labute approximate surface area is 150 Å². The van der Waals surface area contributed by atoms with E-state index in [4.69, 9.17) is 12.6 Å². The van der Waals surface area contributed by atoms with Crippen LogP contribution in [-0.4, -0.2) is 42.2 Å². The molecule has 25 heavy (non-hydrogen) atoms. The first kappa shape index (κ1) is 16.4. The number of amides is 1. The van der Waals surface area contributed by atoms with Crippen LogP contribution in [0.1, 0.15) is 45.6 Å². The lowest BCUT2D eigenvalue weighted by atomic mass is 9.92. The summed E-state index contributed by atoms with van der Waals surface area (Å²) in [7, 11) is 5.77. The Hall–Kier alpha value is -2.04. The molecule has 0 bridgehead atoms. The van der Waals surface area contributed by atoms with E-state index in [1.54, 1.807) is 0 Å². The monoisotopic (exact) mass is 334 g/mol. The van der Waals surface area contributed by atoms with Crippen LogP contribution >= 0.6 is 0 Å². The van der Waals surface area contributed by atoms with Gasteiger partial charge in [-0.05, 0) is 50.7 Å². The molecule has 4 rings (SSSR count). The van der Waals surface area contributed by atoms with Gasteiger partial charge in [0.2, 0.25) is 0 Å². The van der Waals surface area contributed by atoms with Gasteiger partial charge in [0.15, 0.2) is 0 Å². The van der Waals surface area contributed by atoms with Gasteiger partial charge < -0.3 is 4.74 Å². The molecule has 1 aliphatic carbocycles. The maximum atomic E-state index is 12.7. The average molecular weight is 334 g/mol. The smallest absolute Gasteiger partial charge is 0.411 e. The summed E-state index contributed by atoms with van der Waals surface area (Å²) >= 11 is 0. The van der Waals surface area contributed by atoms with Crippen molar-refractivity contribution >= 4 is 30.7 Å². The van der Waals surface area contributed by atoms with Crippen molar-refractivity contribution in [3.63, 3.8) is 0 Å². The molecule has 4 nitrogen and oxygen atoms in total. The molecule has 2 fully saturated rings. The quantitative estimate of drug-likeness (QED) is 0.780. The van der Waals surface area contributed by atoms with Crippen molar-refractivity contribution in [1.82, 2.24) is 4.90 Å². The zero-order chi connectivity index (χ0) is 17.8. The van der Waals surface area contributed by atoms with Gasteiger partial charge in [0.1, 0.15) is 13.4 Å². The first-order chi connectivity index (χ1) is 11.8. The Balaban J connectivity index is 1.47. The lowest BCUT2D eigenvalue weighted by molar-refractivity contribution is 0.0230. The van der Waals surface area contributed by atoms with Crippen LogP contribution in [0.15, 0.2) is 35.5 Å². The minimum absolute atomic E-state index is 0.0705. The van der Waals surface area contributed by atoms with E-state index in [-0.39, 0.29) is 12.1 Å². The van der Waals surface area contributed by atoms with E-state index in [1.165, 1.54) is 5.57 Å². The van der Waals surface area contributed by atoms with Crippen molar-refractivity contribution in [1.29, 1.82) is 0 Å². The van der Waals surface area contributed by atoms with Gasteiger partial charge in [-0.15, -0.1) is 0 Å². The minimum Gasteiger partial charge on any atom is -0.444 e. The summed E-state index contributed by atoms with van der Waals surface area (Å²) < 4.78 is 5.63. The number of likely N-dealkylation sites (tertiary alicyclic amines) is 1. The van der Waals surface area contributed by atoms with Crippen LogP contribution in [0.3, 0.4) is 0 Å². The van der Waals surface area contributed by atoms with Gasteiger partial charge in [-0.1, -0.05) is 29.7 Å². The molecule has 3 aliphatic rings. The first-order valence-corrected chi connectivity index (χ1v) is 8.95. The summed E-state index contributed by atoms with van der Waals surface area (Å²) in [6, 6.07) is 8.27. The Kier molecular flexibility index (Phi) is 3.78. The molecule has 2 aliphatic heterocycles. The fraction of sp³-hybridized carbons (Fsp3) is 0.500. The van der Waals surface area contributed by atoms with Gasteiger partial charge in [0.05, 0.1) is 6.04 Å². The number of piperidine rings is 1. The number of aliphatic imine (C=N–C) groups is 1. The second-order valence-electron chi connectivity index (χ2n) is 8.28. The Bertz CT molecular complexity index is 761. The number of hydrogen-bond donors (Lipinski definition) is 0. The molecule has 0 N–H and O–H groups in total. The zero-order valence-corrected chi connectivity index (χ0v) is 15.0. The Morgan fingerprint density at radius 3 is 2.64 bits per heavy atom. The highest BCUT2D eigenvalue weighted by Gasteiger charge is 2.56. The topological polar surface area (TPSA) is 41.9 Å². The molecule has 2 radical (unpaired) electrons. The highest BCUT2D eigenvalue weighted by molar-refractivity contribution is 6.32. The molecule has 0 spiro atoms. The molecule has 0 aromatic heterocycles. The molecule has 1 aromatic carbocycles. The van der Waals surface area contributed by atoms with E-state index < -0.39 is 5.60 Å². The van der Waals surface area contributed by atoms with Gasteiger partial charge >= 0.3 is 6.09 Å². The van der Waals surface area contributed by atoms with Crippen molar-refractivity contribution in [2.75, 3.05) is 0 Å². The lowest BCUT2D eigenvalue weighted by Crippen LogP contribution is -2.45. The first-order valence-electron chi connectivity index (χ1n) is 8.95. The molecule has 128 valence electrons. The zero-order valence-electron chi connectivity index (χ0n) is 15.0. The SMILES string of the molecule is [B]c1ccc(C2=CN=C(C3C[C@H]4C[C@H]4N3C(=O)OC(C)(C)C)C2)cc1. The number of hydrogen-bond acceptors (Lipinski definition) is 3. The van der Waals surface area contributed by atoms with E-state index in [0.717, 1.165) is 36.0 Å². The number of fused-ring (bicyclic) bond motifs is 1. The number of allylic oxidation sites excluding steroid dienone is 1. The van der Waals surface area contributed by atoms with Crippen LogP contribution < -0.4 is 5.46 Å². The van der Waals surface area contributed by atoms with Crippen molar-refractivity contribution in [2.24, 2.45) is 10.9 Å². The average Bonchev–Trinajstić information content (AvgIpc) is 2.97. The molecule has 5 heteroatoms. The summed E-state index contributed by atoms with van der Waals surface area (Å²) in [5.74, 6) is 0.612. The summed E-state index contributed by atoms with van der Waals surface area (Å²) in [6.07, 6.45) is 4.62. The molecule has 2 heterocycles. The van der Waals surface area contributed by atoms with Crippen LogP contribution in [0.5, 0.6) is 0 Å². The number of rotatable bonds is 2. The summed E-state index contributed by atoms with van der Waals surface area (Å²) in [6.45, 7) is 5.73. The Morgan fingerprint density at radius 2 is 1.96 bits per heavy atom. The number of carbonyl (C=O) groups is 1. The molecular formula is C20H23BN2O2. The standard InChI is InChI=1S/C20H23BN2O2/c1-20(2,3)25-19(24)23-17-9-13(17)10-18(23)16-8-14(11-22-16)12-4-6-15(21)7-5-12/h4-7,11,13,17-18H,8-10H2,1-3H3/t13-,17-,18?/m1/s1. The van der Waals surface area contributed by atoms with Crippen LogP contribution in [-0.2, 0) is 4.74 Å². The van der Waals surface area contributed by atoms with Crippen LogP contribution in [0.25, 0.3) is 5.57 Å². The predicted octanol–water partition coefficient (Wildman–Crippen LogP) is 3.06. The maximum absolute atomic E-state index is 12.7. The largest absolute Gasteiger partial charge is 0.444 e. The van der Waals surface area contributed by atoms with Crippen LogP contribution in [0, 0.1) is 5.92 Å². The van der Waals surface area contributed by atoms with Crippen molar-refractivity contribution in [2.45, 2.75) is 57.7 Å². The molecule has 3 atom stereocenters. The lowest BCUT2D eigenvalue weighted by Gasteiger charge is -2.30. The highest BCUT2D eigenvalue weighted by Crippen LogP contribution is 2.49. The van der Waals surface area contributed by atoms with Gasteiger partial charge in [-0.3, -0.25) is 9.89 Å². The summed E-state index contributed by atoms with van der Waals surface area (Å²) in [5.41, 5.74) is 3.68. The summed E-state index contributed by atoms with van der Waals surface area (Å²) in [5, 5.41) is 0. The van der Waals surface area contributed by atoms with Gasteiger partial charge in [0.25, 0.3) is 0 Å². The van der Waals surface area contributed by atoms with Crippen molar-refractivity contribution in [3.8, 4) is 0 Å². The minimum atomic E-state index is -0.473. The number of ether oxygens (including phenoxy) is 1. The number of nitrogens with zero attached hydrogens (tertiary/aromatic N) is 2. The molecule has 1 saturated heterocycles. The fourth-order valence-corrected chi connectivity index (χ4v) is 3.86. The maximum Gasteiger partial charge on any atom is 0.411 e. The van der Waals surface area contributed by atoms with Gasteiger partial charge in [-0.25, -0.2) is 4.79 Å². The highest BCUT2D eigenvalue weighted by atomic mass is 16.6. The molecular weight excluding hydrogens is 311 g/mol. The summed E-state index contributed by atoms with van der Waals surface area (Å²) in [4.78, 5) is 19.3. The molecule has 1 unspecified atom stereocenters. The van der Waals surface area contributed by atoms with Crippen molar-refractivity contribution in [3.05, 3.63) is 36.0 Å². The number of carbonyl (C=O) groups excluding carboxylic acids is 1. The second-order valence-corrected chi connectivity index (χ2v) is 8.28. The van der Waals surface area contributed by atoms with Crippen LogP contribution in [0.4, 0.5) is 4.79 Å². The molecule has 1 amide bonds. The van der Waals surface area contributed by atoms with E-state index >= 15 is 0 Å². The van der Waals surface area contributed by atoms with Gasteiger partial charge in [-0.2, -0.15) is 0 Å². The third kappa shape index (κ3) is 3.24. The predicted molar refractivity (Wildman–Crippen MR) is 100 cm³/mol. The van der Waals surface area contributed by atoms with E-state index in [9.17, 15) is 4.79 Å². The second kappa shape index (κ2) is 5.75. The van der Waals surface area contributed by atoms with Crippen molar-refractivity contribution < 1.29 is 9.53 Å². The third-order valence-electron chi connectivity index (χ3n) is 5.13. The third-order valence-corrected chi connectivity index (χ3v) is 5.13. The number of benzene rings is 1. The Morgan fingerprint density at radius 1 is 1.24 bits per heavy atom. The molecule has 1 saturated carbocycles.